The molecule has 3 nitrogen and oxygen atoms in total. The highest BCUT2D eigenvalue weighted by Gasteiger charge is 2.07. The van der Waals surface area contributed by atoms with Crippen LogP contribution in [0.1, 0.15) is 16.7 Å². The topological polar surface area (TPSA) is 59.0 Å². The molecule has 0 bridgehead atoms. The Kier molecular flexibility index (Phi) is 4.70. The molecule has 2 aromatic carbocycles. The van der Waals surface area contributed by atoms with Crippen LogP contribution in [0.2, 0.25) is 0 Å². The third-order valence-corrected chi connectivity index (χ3v) is 2.95. The second-order valence-corrected chi connectivity index (χ2v) is 4.36. The Morgan fingerprint density at radius 2 is 1.90 bits per heavy atom. The highest BCUT2D eigenvalue weighted by atomic mass is 19.1. The summed E-state index contributed by atoms with van der Waals surface area (Å²) in [7, 11) is 0. The van der Waals surface area contributed by atoms with Gasteiger partial charge in [0.1, 0.15) is 24.2 Å². The average molecular weight is 270 g/mol. The Hall–Kier alpha value is -2.38. The van der Waals surface area contributed by atoms with E-state index in [1.54, 1.807) is 12.1 Å². The van der Waals surface area contributed by atoms with Crippen molar-refractivity contribution in [2.24, 2.45) is 5.73 Å². The van der Waals surface area contributed by atoms with Crippen LogP contribution in [0.25, 0.3) is 0 Å². The molecule has 0 amide bonds. The highest BCUT2D eigenvalue weighted by Crippen LogP contribution is 2.17. The van der Waals surface area contributed by atoms with Gasteiger partial charge in [-0.15, -0.1) is 0 Å². The molecule has 0 aromatic heterocycles. The zero-order chi connectivity index (χ0) is 14.4. The van der Waals surface area contributed by atoms with Crippen LogP contribution in [0, 0.1) is 17.1 Å². The third kappa shape index (κ3) is 3.34. The van der Waals surface area contributed by atoms with Crippen LogP contribution < -0.4 is 10.5 Å². The predicted octanol–water partition coefficient (Wildman–Crippen LogP) is 2.78. The van der Waals surface area contributed by atoms with Crippen LogP contribution in [-0.2, 0) is 13.0 Å². The quantitative estimate of drug-likeness (QED) is 0.908. The van der Waals surface area contributed by atoms with Crippen molar-refractivity contribution in [3.05, 3.63) is 65.0 Å². The van der Waals surface area contributed by atoms with Crippen LogP contribution in [0.5, 0.6) is 5.75 Å². The fourth-order valence-electron chi connectivity index (χ4n) is 1.86. The summed E-state index contributed by atoms with van der Waals surface area (Å²) in [6, 6.07) is 14.0. The summed E-state index contributed by atoms with van der Waals surface area (Å²) in [5.74, 6) is 0.141. The normalized spacial score (nSPS) is 10.1. The van der Waals surface area contributed by atoms with Gasteiger partial charge in [0.15, 0.2) is 0 Å². The van der Waals surface area contributed by atoms with Crippen molar-refractivity contribution in [3.63, 3.8) is 0 Å². The molecular weight excluding hydrogens is 255 g/mol. The van der Waals surface area contributed by atoms with E-state index in [0.29, 0.717) is 17.9 Å². The summed E-state index contributed by atoms with van der Waals surface area (Å²) in [4.78, 5) is 0. The van der Waals surface area contributed by atoms with E-state index in [2.05, 4.69) is 0 Å². The van der Waals surface area contributed by atoms with Gasteiger partial charge in [-0.1, -0.05) is 24.3 Å². The first-order valence-electron chi connectivity index (χ1n) is 6.34. The summed E-state index contributed by atoms with van der Waals surface area (Å²) in [5, 5.41) is 8.77. The van der Waals surface area contributed by atoms with Gasteiger partial charge in [0.2, 0.25) is 0 Å². The fraction of sp³-hybridized carbons (Fsp3) is 0.188. The minimum absolute atomic E-state index is 0.0318. The van der Waals surface area contributed by atoms with Crippen molar-refractivity contribution >= 4 is 0 Å². The van der Waals surface area contributed by atoms with Crippen molar-refractivity contribution in [1.82, 2.24) is 0 Å². The van der Waals surface area contributed by atoms with Gasteiger partial charge in [-0.25, -0.2) is 4.39 Å². The first-order valence-corrected chi connectivity index (χ1v) is 6.34. The molecule has 0 aliphatic carbocycles. The fourth-order valence-corrected chi connectivity index (χ4v) is 1.86. The van der Waals surface area contributed by atoms with Crippen molar-refractivity contribution in [2.75, 3.05) is 6.54 Å². The van der Waals surface area contributed by atoms with E-state index in [9.17, 15) is 4.39 Å². The number of ether oxygens (including phenoxy) is 1. The Morgan fingerprint density at radius 1 is 1.15 bits per heavy atom. The molecule has 2 rings (SSSR count). The lowest BCUT2D eigenvalue weighted by molar-refractivity contribution is 0.299. The number of hydrogen-bond donors (Lipinski definition) is 1. The molecule has 102 valence electrons. The number of rotatable bonds is 5. The van der Waals surface area contributed by atoms with Crippen LogP contribution >= 0.6 is 0 Å². The lowest BCUT2D eigenvalue weighted by Crippen LogP contribution is -2.03. The molecule has 0 heterocycles. The van der Waals surface area contributed by atoms with Crippen molar-refractivity contribution in [2.45, 2.75) is 13.0 Å². The second kappa shape index (κ2) is 6.69. The Balaban J connectivity index is 2.04. The second-order valence-electron chi connectivity index (χ2n) is 4.36. The van der Waals surface area contributed by atoms with E-state index >= 15 is 0 Å². The van der Waals surface area contributed by atoms with E-state index in [-0.39, 0.29) is 12.2 Å². The van der Waals surface area contributed by atoms with Crippen LogP contribution in [0.3, 0.4) is 0 Å². The van der Waals surface area contributed by atoms with Gasteiger partial charge < -0.3 is 10.5 Å². The number of nitrogens with two attached hydrogens (primary N) is 1. The number of halogens is 1. The van der Waals surface area contributed by atoms with E-state index in [0.717, 1.165) is 12.0 Å². The van der Waals surface area contributed by atoms with Gasteiger partial charge in [-0.3, -0.25) is 0 Å². The van der Waals surface area contributed by atoms with Crippen molar-refractivity contribution in [3.8, 4) is 11.8 Å². The van der Waals surface area contributed by atoms with E-state index in [1.165, 1.54) is 6.07 Å². The molecule has 20 heavy (non-hydrogen) atoms. The minimum atomic E-state index is -0.519. The largest absolute Gasteiger partial charge is 0.489 e. The maximum absolute atomic E-state index is 13.8. The number of nitriles is 1. The standard InChI is InChI=1S/C16H15FN2O/c17-16-13(10-19)2-1-3-14(16)11-20-15-6-4-12(5-7-15)8-9-18/h1-7H,8-9,11,18H2. The van der Waals surface area contributed by atoms with Crippen molar-refractivity contribution < 1.29 is 9.13 Å². The summed E-state index contributed by atoms with van der Waals surface area (Å²) >= 11 is 0. The molecular formula is C16H15FN2O. The maximum Gasteiger partial charge on any atom is 0.147 e. The van der Waals surface area contributed by atoms with Gasteiger partial charge in [0, 0.05) is 5.56 Å². The van der Waals surface area contributed by atoms with Crippen molar-refractivity contribution in [1.29, 1.82) is 5.26 Å². The molecule has 4 heteroatoms. The summed E-state index contributed by atoms with van der Waals surface area (Å²) in [5.41, 5.74) is 7.02. The molecule has 0 saturated heterocycles. The summed E-state index contributed by atoms with van der Waals surface area (Å²) < 4.78 is 19.3. The molecule has 2 aromatic rings. The predicted molar refractivity (Wildman–Crippen MR) is 74.6 cm³/mol. The molecule has 0 radical (unpaired) electrons. The van der Waals surface area contributed by atoms with Gasteiger partial charge in [0.25, 0.3) is 0 Å². The van der Waals surface area contributed by atoms with Crippen LogP contribution in [-0.4, -0.2) is 6.54 Å². The van der Waals surface area contributed by atoms with Crippen LogP contribution in [0.15, 0.2) is 42.5 Å². The molecule has 0 atom stereocenters. The Bertz CT molecular complexity index is 617. The van der Waals surface area contributed by atoms with Gasteiger partial charge in [-0.05, 0) is 36.7 Å². The zero-order valence-corrected chi connectivity index (χ0v) is 11.0. The highest BCUT2D eigenvalue weighted by molar-refractivity contribution is 5.35. The molecule has 2 N–H and O–H groups in total. The monoisotopic (exact) mass is 270 g/mol. The van der Waals surface area contributed by atoms with Crippen LogP contribution in [0.4, 0.5) is 4.39 Å². The number of benzene rings is 2. The van der Waals surface area contributed by atoms with E-state index in [1.807, 2.05) is 30.3 Å². The van der Waals surface area contributed by atoms with E-state index < -0.39 is 5.82 Å². The number of nitrogens with zero attached hydrogens (tertiary/aromatic N) is 1. The molecule has 0 spiro atoms. The lowest BCUT2D eigenvalue weighted by Gasteiger charge is -2.08. The lowest BCUT2D eigenvalue weighted by atomic mass is 10.1. The zero-order valence-electron chi connectivity index (χ0n) is 11.0. The minimum Gasteiger partial charge on any atom is -0.489 e. The summed E-state index contributed by atoms with van der Waals surface area (Å²) in [6.07, 6.45) is 0.819. The first-order chi connectivity index (χ1) is 9.74. The Morgan fingerprint density at radius 3 is 2.55 bits per heavy atom. The third-order valence-electron chi connectivity index (χ3n) is 2.95. The smallest absolute Gasteiger partial charge is 0.147 e. The Labute approximate surface area is 117 Å². The summed E-state index contributed by atoms with van der Waals surface area (Å²) in [6.45, 7) is 0.698. The van der Waals surface area contributed by atoms with Gasteiger partial charge in [0.05, 0.1) is 5.56 Å². The first kappa shape index (κ1) is 14.0. The van der Waals surface area contributed by atoms with Gasteiger partial charge in [-0.2, -0.15) is 5.26 Å². The SMILES string of the molecule is N#Cc1cccc(COc2ccc(CCN)cc2)c1F. The average Bonchev–Trinajstić information content (AvgIpc) is 2.48. The molecule has 0 aliphatic heterocycles. The molecule has 0 fully saturated rings. The number of hydrogen-bond acceptors (Lipinski definition) is 3. The molecule has 0 unspecified atom stereocenters. The maximum atomic E-state index is 13.8. The van der Waals surface area contributed by atoms with Gasteiger partial charge >= 0.3 is 0 Å². The van der Waals surface area contributed by atoms with E-state index in [4.69, 9.17) is 15.7 Å². The molecule has 0 aliphatic rings. The molecule has 0 saturated carbocycles.